The number of aromatic amines is 1. The summed E-state index contributed by atoms with van der Waals surface area (Å²) in [6, 6.07) is 1.76. The summed E-state index contributed by atoms with van der Waals surface area (Å²) in [7, 11) is 0. The normalized spacial score (nSPS) is 10.2. The minimum absolute atomic E-state index is 0.117. The number of halogens is 3. The van der Waals surface area contributed by atoms with E-state index in [4.69, 9.17) is 5.26 Å². The number of pyridine rings is 1. The van der Waals surface area contributed by atoms with Gasteiger partial charge >= 0.3 is 0 Å². The number of hydrogen-bond donors (Lipinski definition) is 1. The Balaban J connectivity index is 3.39. The molecule has 0 fully saturated rings. The Morgan fingerprint density at radius 3 is 2.79 bits per heavy atom. The molecule has 1 aromatic heterocycles. The third-order valence-corrected chi connectivity index (χ3v) is 2.80. The molecule has 1 N–H and O–H groups in total. The molecule has 0 amide bonds. The van der Waals surface area contributed by atoms with E-state index in [1.807, 2.05) is 0 Å². The fourth-order valence-corrected chi connectivity index (χ4v) is 1.67. The molecule has 0 unspecified atom stereocenters. The van der Waals surface area contributed by atoms with Gasteiger partial charge in [-0.2, -0.15) is 5.26 Å². The maximum atomic E-state index is 12.4. The SMILES string of the molecule is N#CCc1c(C(F)F)c[nH]c(=O)c1I. The number of rotatable bonds is 2. The molecule has 0 radical (unpaired) electrons. The van der Waals surface area contributed by atoms with Gasteiger partial charge in [-0.05, 0) is 28.2 Å². The van der Waals surface area contributed by atoms with Crippen LogP contribution in [0.25, 0.3) is 0 Å². The summed E-state index contributed by atoms with van der Waals surface area (Å²) in [4.78, 5) is 13.3. The molecule has 0 aliphatic heterocycles. The van der Waals surface area contributed by atoms with Crippen molar-refractivity contribution in [2.75, 3.05) is 0 Å². The molecule has 1 rings (SSSR count). The zero-order valence-corrected chi connectivity index (χ0v) is 9.01. The third kappa shape index (κ3) is 2.09. The average molecular weight is 310 g/mol. The zero-order valence-electron chi connectivity index (χ0n) is 6.85. The lowest BCUT2D eigenvalue weighted by Gasteiger charge is -2.06. The number of H-pyrrole nitrogens is 1. The van der Waals surface area contributed by atoms with Crippen LogP contribution in [0.4, 0.5) is 8.78 Å². The fraction of sp³-hybridized carbons (Fsp3) is 0.250. The Kier molecular flexibility index (Phi) is 3.57. The van der Waals surface area contributed by atoms with Gasteiger partial charge in [0.05, 0.1) is 16.1 Å². The van der Waals surface area contributed by atoms with Crippen molar-refractivity contribution in [2.45, 2.75) is 12.8 Å². The molecule has 1 heterocycles. The van der Waals surface area contributed by atoms with E-state index < -0.39 is 12.0 Å². The zero-order chi connectivity index (χ0) is 10.7. The predicted molar refractivity (Wildman–Crippen MR) is 54.1 cm³/mol. The van der Waals surface area contributed by atoms with Gasteiger partial charge in [0.25, 0.3) is 12.0 Å². The number of nitrogens with zero attached hydrogens (tertiary/aromatic N) is 1. The highest BCUT2D eigenvalue weighted by Gasteiger charge is 2.17. The molecule has 0 aliphatic carbocycles. The monoisotopic (exact) mass is 310 g/mol. The van der Waals surface area contributed by atoms with Gasteiger partial charge in [-0.25, -0.2) is 8.78 Å². The quantitative estimate of drug-likeness (QED) is 0.849. The highest BCUT2D eigenvalue weighted by molar-refractivity contribution is 14.1. The van der Waals surface area contributed by atoms with E-state index >= 15 is 0 Å². The van der Waals surface area contributed by atoms with Gasteiger partial charge in [0, 0.05) is 11.8 Å². The standard InChI is InChI=1S/C8H5F2IN2O/c9-7(10)5-3-13-8(14)6(11)4(5)1-2-12/h3,7H,1H2,(H,13,14). The molecular formula is C8H5F2IN2O. The lowest BCUT2D eigenvalue weighted by Crippen LogP contribution is -2.14. The second-order valence-electron chi connectivity index (χ2n) is 2.50. The Morgan fingerprint density at radius 2 is 2.29 bits per heavy atom. The molecule has 0 bridgehead atoms. The first-order chi connectivity index (χ1) is 6.57. The van der Waals surface area contributed by atoms with E-state index in [1.165, 1.54) is 0 Å². The number of aromatic nitrogens is 1. The van der Waals surface area contributed by atoms with Crippen molar-refractivity contribution in [1.82, 2.24) is 4.98 Å². The molecule has 0 spiro atoms. The van der Waals surface area contributed by atoms with Crippen molar-refractivity contribution < 1.29 is 8.78 Å². The van der Waals surface area contributed by atoms with E-state index in [9.17, 15) is 13.6 Å². The Labute approximate surface area is 91.9 Å². The summed E-state index contributed by atoms with van der Waals surface area (Å²) in [5.74, 6) is 0. The molecule has 0 atom stereocenters. The molecule has 3 nitrogen and oxygen atoms in total. The van der Waals surface area contributed by atoms with Gasteiger partial charge in [0.15, 0.2) is 0 Å². The summed E-state index contributed by atoms with van der Waals surface area (Å²) in [6.07, 6.45) is -1.90. The largest absolute Gasteiger partial charge is 0.328 e. The molecule has 0 aromatic carbocycles. The summed E-state index contributed by atoms with van der Waals surface area (Å²) in [5, 5.41) is 8.43. The van der Waals surface area contributed by atoms with Gasteiger partial charge in [0.2, 0.25) is 0 Å². The molecule has 0 saturated heterocycles. The minimum atomic E-state index is -2.68. The van der Waals surface area contributed by atoms with E-state index in [2.05, 4.69) is 4.98 Å². The highest BCUT2D eigenvalue weighted by Crippen LogP contribution is 2.23. The molecule has 1 aromatic rings. The van der Waals surface area contributed by atoms with Crippen LogP contribution in [-0.4, -0.2) is 4.98 Å². The number of alkyl halides is 2. The first-order valence-corrected chi connectivity index (χ1v) is 4.71. The van der Waals surface area contributed by atoms with Crippen LogP contribution < -0.4 is 5.56 Å². The van der Waals surface area contributed by atoms with Crippen LogP contribution in [0.15, 0.2) is 11.0 Å². The number of nitriles is 1. The number of hydrogen-bond acceptors (Lipinski definition) is 2. The first-order valence-electron chi connectivity index (χ1n) is 3.63. The average Bonchev–Trinajstić information content (AvgIpc) is 2.13. The first kappa shape index (κ1) is 11.1. The molecule has 6 heteroatoms. The maximum Gasteiger partial charge on any atom is 0.265 e. The van der Waals surface area contributed by atoms with E-state index in [0.29, 0.717) is 0 Å². The van der Waals surface area contributed by atoms with Crippen LogP contribution in [0.1, 0.15) is 17.6 Å². The summed E-state index contributed by atoms with van der Waals surface area (Å²) < 4.78 is 25.0. The summed E-state index contributed by atoms with van der Waals surface area (Å²) in [5.41, 5.74) is -0.609. The van der Waals surface area contributed by atoms with E-state index in [-0.39, 0.29) is 21.1 Å². The molecule has 0 aliphatic rings. The van der Waals surface area contributed by atoms with Crippen LogP contribution in [0, 0.1) is 14.9 Å². The van der Waals surface area contributed by atoms with E-state index in [1.54, 1.807) is 28.7 Å². The lowest BCUT2D eigenvalue weighted by atomic mass is 10.1. The van der Waals surface area contributed by atoms with Crippen molar-refractivity contribution in [3.63, 3.8) is 0 Å². The Morgan fingerprint density at radius 1 is 1.64 bits per heavy atom. The Hall–Kier alpha value is -0.970. The van der Waals surface area contributed by atoms with Gasteiger partial charge in [-0.15, -0.1) is 0 Å². The predicted octanol–water partition coefficient (Wildman–Crippen LogP) is 1.98. The van der Waals surface area contributed by atoms with E-state index in [0.717, 1.165) is 6.20 Å². The van der Waals surface area contributed by atoms with Crippen molar-refractivity contribution in [2.24, 2.45) is 0 Å². The molecule has 74 valence electrons. The van der Waals surface area contributed by atoms with Crippen molar-refractivity contribution in [3.05, 3.63) is 31.2 Å². The highest BCUT2D eigenvalue weighted by atomic mass is 127. The van der Waals surface area contributed by atoms with Gasteiger partial charge in [-0.3, -0.25) is 4.79 Å². The van der Waals surface area contributed by atoms with Crippen LogP contribution in [0.5, 0.6) is 0 Å². The molecule has 0 saturated carbocycles. The van der Waals surface area contributed by atoms with Crippen LogP contribution in [0.2, 0.25) is 0 Å². The van der Waals surface area contributed by atoms with Gasteiger partial charge in [0.1, 0.15) is 0 Å². The Bertz CT molecular complexity index is 436. The van der Waals surface area contributed by atoms with Crippen LogP contribution in [0.3, 0.4) is 0 Å². The lowest BCUT2D eigenvalue weighted by molar-refractivity contribution is 0.150. The van der Waals surface area contributed by atoms with Crippen molar-refractivity contribution in [1.29, 1.82) is 5.26 Å². The minimum Gasteiger partial charge on any atom is -0.328 e. The van der Waals surface area contributed by atoms with Crippen LogP contribution >= 0.6 is 22.6 Å². The topological polar surface area (TPSA) is 56.6 Å². The molecule has 14 heavy (non-hydrogen) atoms. The summed E-state index contributed by atoms with van der Waals surface area (Å²) in [6.45, 7) is 0. The van der Waals surface area contributed by atoms with Crippen molar-refractivity contribution >= 4 is 22.6 Å². The van der Waals surface area contributed by atoms with Gasteiger partial charge in [-0.1, -0.05) is 0 Å². The van der Waals surface area contributed by atoms with Crippen molar-refractivity contribution in [3.8, 4) is 6.07 Å². The summed E-state index contributed by atoms with van der Waals surface area (Å²) >= 11 is 1.66. The maximum absolute atomic E-state index is 12.4. The smallest absolute Gasteiger partial charge is 0.265 e. The number of nitrogens with one attached hydrogen (secondary N) is 1. The van der Waals surface area contributed by atoms with Gasteiger partial charge < -0.3 is 4.98 Å². The van der Waals surface area contributed by atoms with Crippen LogP contribution in [-0.2, 0) is 6.42 Å². The molecular weight excluding hydrogens is 305 g/mol. The second kappa shape index (κ2) is 4.50. The second-order valence-corrected chi connectivity index (χ2v) is 3.58. The fourth-order valence-electron chi connectivity index (χ4n) is 1.01. The third-order valence-electron chi connectivity index (χ3n) is 1.66.